The van der Waals surface area contributed by atoms with Gasteiger partial charge in [0.25, 0.3) is 0 Å². The van der Waals surface area contributed by atoms with Gasteiger partial charge < -0.3 is 15.4 Å². The number of hydrogen-bond acceptors (Lipinski definition) is 4. The van der Waals surface area contributed by atoms with Gasteiger partial charge in [0.2, 0.25) is 5.91 Å². The molecule has 0 fully saturated rings. The Hall–Kier alpha value is -1.25. The lowest BCUT2D eigenvalue weighted by Crippen LogP contribution is -2.34. The quantitative estimate of drug-likeness (QED) is 0.663. The Labute approximate surface area is 135 Å². The number of amides is 1. The highest BCUT2D eigenvalue weighted by atomic mass is 35.5. The lowest BCUT2D eigenvalue weighted by atomic mass is 10.1. The van der Waals surface area contributed by atoms with Gasteiger partial charge in [0.05, 0.1) is 18.7 Å². The van der Waals surface area contributed by atoms with Gasteiger partial charge in [0.1, 0.15) is 0 Å². The number of halogens is 3. The first kappa shape index (κ1) is 20.8. The van der Waals surface area contributed by atoms with Crippen LogP contribution in [-0.2, 0) is 16.0 Å². The van der Waals surface area contributed by atoms with Crippen LogP contribution in [0.5, 0.6) is 0 Å². The van der Waals surface area contributed by atoms with Crippen molar-refractivity contribution in [2.45, 2.75) is 26.8 Å². The van der Waals surface area contributed by atoms with Crippen LogP contribution in [0.4, 0.5) is 8.78 Å². The van der Waals surface area contributed by atoms with Crippen molar-refractivity contribution in [1.29, 1.82) is 0 Å². The fourth-order valence-corrected chi connectivity index (χ4v) is 1.96. The van der Waals surface area contributed by atoms with Crippen molar-refractivity contribution in [2.24, 2.45) is 0 Å². The monoisotopic (exact) mass is 340 g/mol. The van der Waals surface area contributed by atoms with E-state index < -0.39 is 6.55 Å². The zero-order chi connectivity index (χ0) is 15.8. The average Bonchev–Trinajstić information content (AvgIpc) is 2.71. The van der Waals surface area contributed by atoms with Crippen molar-refractivity contribution in [3.63, 3.8) is 0 Å². The molecule has 0 saturated heterocycles. The van der Waals surface area contributed by atoms with Crippen molar-refractivity contribution in [1.82, 2.24) is 20.4 Å². The van der Waals surface area contributed by atoms with E-state index in [-0.39, 0.29) is 24.7 Å². The van der Waals surface area contributed by atoms with E-state index in [1.807, 2.05) is 0 Å². The van der Waals surface area contributed by atoms with Crippen molar-refractivity contribution in [3.05, 3.63) is 17.0 Å². The Morgan fingerprint density at radius 3 is 2.55 bits per heavy atom. The van der Waals surface area contributed by atoms with Crippen molar-refractivity contribution in [3.8, 4) is 0 Å². The third-order valence-electron chi connectivity index (χ3n) is 3.10. The Bertz CT molecular complexity index is 469. The van der Waals surface area contributed by atoms with Crippen LogP contribution < -0.4 is 10.6 Å². The van der Waals surface area contributed by atoms with E-state index in [0.717, 1.165) is 0 Å². The fraction of sp³-hybridized carbons (Fsp3) is 0.692. The Morgan fingerprint density at radius 1 is 1.32 bits per heavy atom. The molecule has 2 N–H and O–H groups in total. The summed E-state index contributed by atoms with van der Waals surface area (Å²) in [5, 5.41) is 9.58. The largest absolute Gasteiger partial charge is 0.383 e. The molecule has 1 aromatic heterocycles. The van der Waals surface area contributed by atoms with Crippen molar-refractivity contribution in [2.75, 3.05) is 33.4 Å². The van der Waals surface area contributed by atoms with Crippen molar-refractivity contribution < 1.29 is 18.3 Å². The van der Waals surface area contributed by atoms with Gasteiger partial charge >= 0.3 is 6.55 Å². The Balaban J connectivity index is 0.00000441. The summed E-state index contributed by atoms with van der Waals surface area (Å²) >= 11 is 0. The van der Waals surface area contributed by atoms with E-state index in [1.165, 1.54) is 0 Å². The van der Waals surface area contributed by atoms with Gasteiger partial charge in [-0.25, -0.2) is 4.68 Å². The van der Waals surface area contributed by atoms with E-state index in [1.54, 1.807) is 21.0 Å². The normalized spacial score (nSPS) is 10.6. The second-order valence-electron chi connectivity index (χ2n) is 4.64. The molecule has 9 heteroatoms. The number of rotatable bonds is 9. The maximum absolute atomic E-state index is 12.7. The van der Waals surface area contributed by atoms with E-state index in [9.17, 15) is 13.6 Å². The molecule has 0 aliphatic heterocycles. The number of methoxy groups -OCH3 is 1. The van der Waals surface area contributed by atoms with Crippen molar-refractivity contribution >= 4 is 18.3 Å². The molecule has 6 nitrogen and oxygen atoms in total. The highest BCUT2D eigenvalue weighted by Gasteiger charge is 2.18. The standard InChI is InChI=1S/C13H22F2N4O2.ClH/c1-9-11(10(2)19(18-9)13(14)15)8-12(20)17-5-4-16-6-7-21-3;/h13,16H,4-8H2,1-3H3,(H,17,20);1H. The summed E-state index contributed by atoms with van der Waals surface area (Å²) in [6, 6.07) is 0. The average molecular weight is 341 g/mol. The Kier molecular flexibility index (Phi) is 9.88. The summed E-state index contributed by atoms with van der Waals surface area (Å²) in [5.74, 6) is -0.205. The SMILES string of the molecule is COCCNCCNC(=O)Cc1c(C)nn(C(F)F)c1C.Cl. The number of nitrogens with zero attached hydrogens (tertiary/aromatic N) is 2. The van der Waals surface area contributed by atoms with Crippen LogP contribution in [-0.4, -0.2) is 49.0 Å². The number of alkyl halides is 2. The summed E-state index contributed by atoms with van der Waals surface area (Å²) in [6.45, 7) is 2.91. The van der Waals surface area contributed by atoms with Gasteiger partial charge in [-0.05, 0) is 13.8 Å². The van der Waals surface area contributed by atoms with Gasteiger partial charge in [0.15, 0.2) is 0 Å². The van der Waals surface area contributed by atoms with Gasteiger partial charge in [-0.2, -0.15) is 13.9 Å². The number of carbonyl (C=O) groups excluding carboxylic acids is 1. The van der Waals surface area contributed by atoms with Gasteiger partial charge in [-0.15, -0.1) is 12.4 Å². The maximum atomic E-state index is 12.7. The van der Waals surface area contributed by atoms with E-state index >= 15 is 0 Å². The minimum Gasteiger partial charge on any atom is -0.383 e. The molecule has 128 valence electrons. The molecule has 0 atom stereocenters. The molecule has 0 aliphatic carbocycles. The topological polar surface area (TPSA) is 68.2 Å². The van der Waals surface area contributed by atoms with Crippen LogP contribution in [0.2, 0.25) is 0 Å². The molecule has 0 bridgehead atoms. The van der Waals surface area contributed by atoms with Crippen LogP contribution in [0.3, 0.4) is 0 Å². The molecule has 1 heterocycles. The van der Waals surface area contributed by atoms with Crippen LogP contribution in [0.1, 0.15) is 23.5 Å². The first-order chi connectivity index (χ1) is 9.97. The summed E-state index contributed by atoms with van der Waals surface area (Å²) < 4.78 is 30.9. The molecule has 0 aliphatic rings. The number of hydrogen-bond donors (Lipinski definition) is 2. The molecule has 0 unspecified atom stereocenters. The predicted octanol–water partition coefficient (Wildman–Crippen LogP) is 1.21. The molecule has 1 rings (SSSR count). The lowest BCUT2D eigenvalue weighted by Gasteiger charge is -2.07. The zero-order valence-electron chi connectivity index (χ0n) is 13.0. The molecule has 22 heavy (non-hydrogen) atoms. The highest BCUT2D eigenvalue weighted by Crippen LogP contribution is 2.19. The number of nitrogens with one attached hydrogen (secondary N) is 2. The van der Waals surface area contributed by atoms with Gasteiger partial charge in [0, 0.05) is 38.0 Å². The molecule has 1 aromatic rings. The molecule has 0 spiro atoms. The number of ether oxygens (including phenoxy) is 1. The second-order valence-corrected chi connectivity index (χ2v) is 4.64. The highest BCUT2D eigenvalue weighted by molar-refractivity contribution is 5.85. The van der Waals surface area contributed by atoms with Crippen LogP contribution in [0.15, 0.2) is 0 Å². The number of aromatic nitrogens is 2. The minimum absolute atomic E-state index is 0. The predicted molar refractivity (Wildman–Crippen MR) is 81.7 cm³/mol. The summed E-state index contributed by atoms with van der Waals surface area (Å²) in [5.41, 5.74) is 1.34. The van der Waals surface area contributed by atoms with Crippen LogP contribution in [0.25, 0.3) is 0 Å². The van der Waals surface area contributed by atoms with Gasteiger partial charge in [-0.1, -0.05) is 0 Å². The number of carbonyl (C=O) groups is 1. The summed E-state index contributed by atoms with van der Waals surface area (Å²) in [6.07, 6.45) is 0.0580. The molecular weight excluding hydrogens is 318 g/mol. The minimum atomic E-state index is -2.69. The first-order valence-electron chi connectivity index (χ1n) is 6.76. The zero-order valence-corrected chi connectivity index (χ0v) is 13.8. The third-order valence-corrected chi connectivity index (χ3v) is 3.10. The summed E-state index contributed by atoms with van der Waals surface area (Å²) in [4.78, 5) is 11.8. The van der Waals surface area contributed by atoms with Gasteiger partial charge in [-0.3, -0.25) is 4.79 Å². The second kappa shape index (κ2) is 10.5. The lowest BCUT2D eigenvalue weighted by molar-refractivity contribution is -0.120. The Morgan fingerprint density at radius 2 is 2.00 bits per heavy atom. The molecule has 0 aromatic carbocycles. The first-order valence-corrected chi connectivity index (χ1v) is 6.76. The maximum Gasteiger partial charge on any atom is 0.333 e. The van der Waals surface area contributed by atoms with Crippen LogP contribution >= 0.6 is 12.4 Å². The van der Waals surface area contributed by atoms with E-state index in [4.69, 9.17) is 4.74 Å². The fourth-order valence-electron chi connectivity index (χ4n) is 1.96. The summed E-state index contributed by atoms with van der Waals surface area (Å²) in [7, 11) is 1.62. The smallest absolute Gasteiger partial charge is 0.333 e. The molecule has 0 radical (unpaired) electrons. The van der Waals surface area contributed by atoms with Crippen LogP contribution in [0, 0.1) is 13.8 Å². The molecule has 0 saturated carbocycles. The number of aryl methyl sites for hydroxylation is 1. The van der Waals surface area contributed by atoms with E-state index in [0.29, 0.717) is 47.9 Å². The third kappa shape index (κ3) is 6.25. The molecular formula is C13H23ClF2N4O2. The van der Waals surface area contributed by atoms with E-state index in [2.05, 4.69) is 15.7 Å². The molecule has 1 amide bonds.